The highest BCUT2D eigenvalue weighted by atomic mass is 19.1. The number of aryl methyl sites for hydroxylation is 1. The van der Waals surface area contributed by atoms with Crippen LogP contribution in [0.15, 0.2) is 108 Å². The summed E-state index contributed by atoms with van der Waals surface area (Å²) in [6.45, 7) is 4.80. The van der Waals surface area contributed by atoms with Crippen LogP contribution < -0.4 is 16.2 Å². The molecule has 0 spiro atoms. The van der Waals surface area contributed by atoms with Gasteiger partial charge in [0.05, 0.1) is 62.6 Å². The molecule has 0 saturated heterocycles. The molecule has 0 fully saturated rings. The predicted octanol–water partition coefficient (Wildman–Crippen LogP) is 6.21. The fourth-order valence-corrected chi connectivity index (χ4v) is 5.17. The van der Waals surface area contributed by atoms with Gasteiger partial charge in [0.2, 0.25) is 0 Å². The number of benzene rings is 4. The molecule has 1 aromatic heterocycles. The summed E-state index contributed by atoms with van der Waals surface area (Å²) < 4.78 is 36.2. The van der Waals surface area contributed by atoms with Crippen molar-refractivity contribution in [2.45, 2.75) is 19.0 Å². The van der Waals surface area contributed by atoms with Crippen LogP contribution in [0.4, 0.5) is 15.8 Å². The molecule has 2 atom stereocenters. The van der Waals surface area contributed by atoms with Crippen molar-refractivity contribution >= 4 is 22.3 Å². The van der Waals surface area contributed by atoms with E-state index >= 15 is 0 Å². The maximum atomic E-state index is 13.8. The molecule has 0 saturated carbocycles. The van der Waals surface area contributed by atoms with Gasteiger partial charge in [-0.2, -0.15) is 0 Å². The molecule has 48 heavy (non-hydrogen) atoms. The third kappa shape index (κ3) is 10.0. The van der Waals surface area contributed by atoms with E-state index < -0.39 is 0 Å². The highest BCUT2D eigenvalue weighted by molar-refractivity contribution is 5.83. The van der Waals surface area contributed by atoms with Crippen molar-refractivity contribution in [2.75, 3.05) is 65.8 Å². The van der Waals surface area contributed by atoms with Crippen molar-refractivity contribution in [1.82, 2.24) is 9.55 Å². The van der Waals surface area contributed by atoms with Crippen LogP contribution in [-0.2, 0) is 18.9 Å². The van der Waals surface area contributed by atoms with E-state index in [2.05, 4.69) is 0 Å². The van der Waals surface area contributed by atoms with Crippen LogP contribution in [0.3, 0.4) is 0 Å². The van der Waals surface area contributed by atoms with E-state index in [1.807, 2.05) is 97.7 Å². The molecule has 0 aliphatic rings. The van der Waals surface area contributed by atoms with Gasteiger partial charge in [-0.05, 0) is 60.5 Å². The summed E-state index contributed by atoms with van der Waals surface area (Å²) in [6, 6.07) is 31.2. The number of nitrogens with two attached hydrogens (primary N) is 1. The quantitative estimate of drug-likeness (QED) is 0.133. The summed E-state index contributed by atoms with van der Waals surface area (Å²) in [5, 5.41) is 0.509. The van der Waals surface area contributed by atoms with E-state index in [1.165, 1.54) is 12.1 Å². The topological polar surface area (TPSA) is 101 Å². The fourth-order valence-electron chi connectivity index (χ4n) is 5.17. The first-order chi connectivity index (χ1) is 23.3. The Labute approximate surface area is 281 Å². The average Bonchev–Trinajstić information content (AvgIpc) is 3.12. The van der Waals surface area contributed by atoms with Crippen LogP contribution >= 0.6 is 0 Å². The molecule has 254 valence electrons. The Morgan fingerprint density at radius 1 is 0.771 bits per heavy atom. The summed E-state index contributed by atoms with van der Waals surface area (Å²) in [4.78, 5) is 20.4. The smallest absolute Gasteiger partial charge is 0.262 e. The predicted molar refractivity (Wildman–Crippen MR) is 189 cm³/mol. The Morgan fingerprint density at radius 2 is 1.33 bits per heavy atom. The number of ether oxygens (including phenoxy) is 4. The molecule has 0 bridgehead atoms. The molecular weight excluding hydrogens is 611 g/mol. The number of hydrogen-bond acceptors (Lipinski definition) is 8. The van der Waals surface area contributed by atoms with Crippen LogP contribution in [0.2, 0.25) is 0 Å². The SMILES string of the molecule is COCCOC[C@@H](N)c1ccccc1.COCCOC[C@H](c1ccccc1)n1c(C)nc2ccc(N(C)c3ccc(F)cc3)cc2c1=O. The number of halogens is 1. The molecule has 1 heterocycles. The highest BCUT2D eigenvalue weighted by Crippen LogP contribution is 2.27. The molecule has 2 N–H and O–H groups in total. The Balaban J connectivity index is 0.000000312. The van der Waals surface area contributed by atoms with E-state index in [-0.39, 0.29) is 23.5 Å². The molecule has 9 nitrogen and oxygen atoms in total. The van der Waals surface area contributed by atoms with Gasteiger partial charge in [-0.25, -0.2) is 9.37 Å². The summed E-state index contributed by atoms with van der Waals surface area (Å²) in [6.07, 6.45) is 0. The van der Waals surface area contributed by atoms with Crippen LogP contribution in [0, 0.1) is 12.7 Å². The lowest BCUT2D eigenvalue weighted by molar-refractivity contribution is 0.0584. The van der Waals surface area contributed by atoms with Gasteiger partial charge in [-0.15, -0.1) is 0 Å². The van der Waals surface area contributed by atoms with Gasteiger partial charge in [-0.3, -0.25) is 9.36 Å². The van der Waals surface area contributed by atoms with Crippen molar-refractivity contribution in [3.63, 3.8) is 0 Å². The zero-order chi connectivity index (χ0) is 34.3. The summed E-state index contributed by atoms with van der Waals surface area (Å²) in [5.74, 6) is 0.319. The molecule has 5 rings (SSSR count). The van der Waals surface area contributed by atoms with Crippen molar-refractivity contribution in [2.24, 2.45) is 5.73 Å². The zero-order valence-corrected chi connectivity index (χ0v) is 28.1. The number of hydrogen-bond donors (Lipinski definition) is 1. The Hall–Kier alpha value is -4.45. The van der Waals surface area contributed by atoms with E-state index in [0.717, 1.165) is 22.5 Å². The number of nitrogens with zero attached hydrogens (tertiary/aromatic N) is 3. The van der Waals surface area contributed by atoms with Gasteiger partial charge < -0.3 is 29.6 Å². The van der Waals surface area contributed by atoms with Crippen molar-refractivity contribution < 1.29 is 23.3 Å². The van der Waals surface area contributed by atoms with Crippen LogP contribution in [0.25, 0.3) is 10.9 Å². The lowest BCUT2D eigenvalue weighted by atomic mass is 10.1. The molecule has 0 unspecified atom stereocenters. The monoisotopic (exact) mass is 656 g/mol. The molecule has 0 amide bonds. The fraction of sp³-hybridized carbons (Fsp3) is 0.316. The van der Waals surface area contributed by atoms with E-state index in [9.17, 15) is 9.18 Å². The van der Waals surface area contributed by atoms with E-state index in [1.54, 1.807) is 30.9 Å². The van der Waals surface area contributed by atoms with Crippen molar-refractivity contribution in [3.8, 4) is 0 Å². The third-order valence-electron chi connectivity index (χ3n) is 7.82. The van der Waals surface area contributed by atoms with Gasteiger partial charge in [0.1, 0.15) is 11.6 Å². The Morgan fingerprint density at radius 3 is 1.94 bits per heavy atom. The maximum Gasteiger partial charge on any atom is 0.262 e. The van der Waals surface area contributed by atoms with Crippen molar-refractivity contribution in [3.05, 3.63) is 136 Å². The number of fused-ring (bicyclic) bond motifs is 1. The first-order valence-corrected chi connectivity index (χ1v) is 15.8. The second-order valence-electron chi connectivity index (χ2n) is 11.2. The van der Waals surface area contributed by atoms with Gasteiger partial charge in [0.25, 0.3) is 5.56 Å². The summed E-state index contributed by atoms with van der Waals surface area (Å²) >= 11 is 0. The van der Waals surface area contributed by atoms with Gasteiger partial charge in [0.15, 0.2) is 0 Å². The summed E-state index contributed by atoms with van der Waals surface area (Å²) in [5.41, 5.74) is 10.1. The zero-order valence-electron chi connectivity index (χ0n) is 28.1. The summed E-state index contributed by atoms with van der Waals surface area (Å²) in [7, 11) is 5.16. The van der Waals surface area contributed by atoms with Crippen LogP contribution in [0.5, 0.6) is 0 Å². The van der Waals surface area contributed by atoms with Gasteiger partial charge in [0, 0.05) is 32.6 Å². The Bertz CT molecular complexity index is 1740. The first kappa shape index (κ1) is 36.4. The second-order valence-corrected chi connectivity index (χ2v) is 11.2. The second kappa shape index (κ2) is 18.8. The van der Waals surface area contributed by atoms with E-state index in [0.29, 0.717) is 56.4 Å². The molecule has 5 aromatic rings. The van der Waals surface area contributed by atoms with E-state index in [4.69, 9.17) is 29.7 Å². The average molecular weight is 657 g/mol. The molecular formula is C38H45FN4O5. The number of methoxy groups -OCH3 is 2. The van der Waals surface area contributed by atoms with Crippen LogP contribution in [0.1, 0.15) is 29.0 Å². The molecule has 10 heteroatoms. The Kier molecular flexibility index (Phi) is 14.2. The first-order valence-electron chi connectivity index (χ1n) is 15.8. The molecule has 0 aliphatic heterocycles. The highest BCUT2D eigenvalue weighted by Gasteiger charge is 2.20. The lowest BCUT2D eigenvalue weighted by Gasteiger charge is -2.24. The molecule has 4 aromatic carbocycles. The maximum absolute atomic E-state index is 13.8. The van der Waals surface area contributed by atoms with Crippen LogP contribution in [-0.4, -0.2) is 70.5 Å². The normalized spacial score (nSPS) is 12.3. The number of anilines is 2. The third-order valence-corrected chi connectivity index (χ3v) is 7.82. The van der Waals surface area contributed by atoms with Gasteiger partial charge >= 0.3 is 0 Å². The van der Waals surface area contributed by atoms with Gasteiger partial charge in [-0.1, -0.05) is 60.7 Å². The minimum atomic E-state index is -0.332. The largest absolute Gasteiger partial charge is 0.382 e. The number of rotatable bonds is 15. The van der Waals surface area contributed by atoms with Crippen molar-refractivity contribution in [1.29, 1.82) is 0 Å². The standard InChI is InChI=1S/C27H28FN3O3.C11H17NO2/c1-19-29-25-14-13-23(30(2)22-11-9-21(28)10-12-22)17-24(25)27(32)31(19)26(18-34-16-15-33-3)20-7-5-4-6-8-20;1-13-7-8-14-9-11(12)10-5-3-2-4-6-10/h4-14,17,26H,15-16,18H2,1-3H3;2-6,11H,7-9,12H2,1H3/t26-;11-/m11/s1. The number of aromatic nitrogens is 2. The molecule has 0 aliphatic carbocycles. The lowest BCUT2D eigenvalue weighted by Crippen LogP contribution is -2.31. The minimum Gasteiger partial charge on any atom is -0.382 e. The minimum absolute atomic E-state index is 0.0481. The molecule has 0 radical (unpaired) electrons.